The zero-order chi connectivity index (χ0) is 11.2. The molecule has 1 N–H and O–H groups in total. The molecule has 1 atom stereocenters. The number of aryl methyl sites for hydroxylation is 1. The van der Waals surface area contributed by atoms with Crippen LogP contribution >= 0.6 is 0 Å². The molecule has 1 saturated carbocycles. The lowest BCUT2D eigenvalue weighted by Gasteiger charge is -1.93. The highest BCUT2D eigenvalue weighted by Gasteiger charge is 2.60. The Bertz CT molecular complexity index is 416. The van der Waals surface area contributed by atoms with Crippen LogP contribution in [0.5, 0.6) is 0 Å². The third kappa shape index (κ3) is 1.57. The molecule has 1 aromatic heterocycles. The molecule has 0 spiro atoms. The van der Waals surface area contributed by atoms with Crippen molar-refractivity contribution in [3.05, 3.63) is 11.4 Å². The van der Waals surface area contributed by atoms with Gasteiger partial charge in [-0.25, -0.2) is 13.6 Å². The molecule has 1 aliphatic rings. The van der Waals surface area contributed by atoms with Gasteiger partial charge in [-0.15, -0.1) is 5.10 Å². The Hall–Kier alpha value is -1.53. The van der Waals surface area contributed by atoms with Gasteiger partial charge < -0.3 is 5.11 Å². The van der Waals surface area contributed by atoms with E-state index >= 15 is 0 Å². The molecular formula is C8H9F2N3O2. The van der Waals surface area contributed by atoms with Gasteiger partial charge in [0, 0.05) is 6.42 Å². The number of carboxylic acid groups (broad SMARTS) is 1. The van der Waals surface area contributed by atoms with Crippen molar-refractivity contribution in [2.45, 2.75) is 31.7 Å². The van der Waals surface area contributed by atoms with Gasteiger partial charge in [-0.05, 0) is 6.92 Å². The van der Waals surface area contributed by atoms with Crippen molar-refractivity contribution < 1.29 is 18.7 Å². The van der Waals surface area contributed by atoms with Crippen molar-refractivity contribution in [3.63, 3.8) is 0 Å². The fourth-order valence-corrected chi connectivity index (χ4v) is 1.40. The average Bonchev–Trinajstić information content (AvgIpc) is 2.64. The van der Waals surface area contributed by atoms with E-state index in [4.69, 9.17) is 5.11 Å². The van der Waals surface area contributed by atoms with Crippen LogP contribution in [0.25, 0.3) is 0 Å². The molecule has 0 radical (unpaired) electrons. The highest BCUT2D eigenvalue weighted by atomic mass is 19.3. The van der Waals surface area contributed by atoms with Crippen molar-refractivity contribution >= 4 is 5.97 Å². The number of aromatic nitrogens is 3. The summed E-state index contributed by atoms with van der Waals surface area (Å²) in [4.78, 5) is 11.9. The number of carbonyl (C=O) groups is 1. The molecule has 5 nitrogen and oxygen atoms in total. The molecule has 0 saturated heterocycles. The lowest BCUT2D eigenvalue weighted by Crippen LogP contribution is -2.04. The molecule has 15 heavy (non-hydrogen) atoms. The number of alkyl halides is 2. The Balaban J connectivity index is 2.38. The van der Waals surface area contributed by atoms with Gasteiger partial charge in [0.05, 0.1) is 12.5 Å². The molecular weight excluding hydrogens is 208 g/mol. The summed E-state index contributed by atoms with van der Waals surface area (Å²) in [7, 11) is 0. The first-order valence-electron chi connectivity index (χ1n) is 4.52. The van der Waals surface area contributed by atoms with Crippen molar-refractivity contribution in [1.82, 2.24) is 15.0 Å². The quantitative estimate of drug-likeness (QED) is 0.823. The number of halogens is 2. The van der Waals surface area contributed by atoms with E-state index in [1.165, 1.54) is 0 Å². The molecule has 1 fully saturated rings. The first kappa shape index (κ1) is 10.0. The predicted molar refractivity (Wildman–Crippen MR) is 45.0 cm³/mol. The Morgan fingerprint density at radius 1 is 1.67 bits per heavy atom. The van der Waals surface area contributed by atoms with E-state index in [1.807, 2.05) is 0 Å². The second-order valence-electron chi connectivity index (χ2n) is 3.45. The SMILES string of the molecule is CCn1nc(C(=O)O)c(C2CC2(F)F)n1. The molecule has 2 rings (SSSR count). The summed E-state index contributed by atoms with van der Waals surface area (Å²) < 4.78 is 25.5. The van der Waals surface area contributed by atoms with Crippen LogP contribution in [0.3, 0.4) is 0 Å². The molecule has 7 heteroatoms. The molecule has 1 unspecified atom stereocenters. The molecule has 0 aromatic carbocycles. The summed E-state index contributed by atoms with van der Waals surface area (Å²) in [5, 5.41) is 16.1. The fraction of sp³-hybridized carbons (Fsp3) is 0.625. The van der Waals surface area contributed by atoms with E-state index in [0.717, 1.165) is 4.80 Å². The number of nitrogens with zero attached hydrogens (tertiary/aromatic N) is 3. The molecule has 1 aliphatic carbocycles. The van der Waals surface area contributed by atoms with Crippen LogP contribution < -0.4 is 0 Å². The normalized spacial score (nSPS) is 22.7. The van der Waals surface area contributed by atoms with Crippen molar-refractivity contribution in [3.8, 4) is 0 Å². The van der Waals surface area contributed by atoms with Gasteiger partial charge in [-0.3, -0.25) is 0 Å². The largest absolute Gasteiger partial charge is 0.476 e. The van der Waals surface area contributed by atoms with Crippen molar-refractivity contribution in [2.75, 3.05) is 0 Å². The summed E-state index contributed by atoms with van der Waals surface area (Å²) in [6, 6.07) is 0. The summed E-state index contributed by atoms with van der Waals surface area (Å²) in [6.45, 7) is 2.07. The topological polar surface area (TPSA) is 68.0 Å². The van der Waals surface area contributed by atoms with E-state index in [0.29, 0.717) is 6.54 Å². The minimum atomic E-state index is -2.82. The van der Waals surface area contributed by atoms with E-state index in [-0.39, 0.29) is 17.8 Å². The van der Waals surface area contributed by atoms with Crippen molar-refractivity contribution in [2.24, 2.45) is 0 Å². The highest BCUT2D eigenvalue weighted by Crippen LogP contribution is 2.55. The maximum Gasteiger partial charge on any atom is 0.358 e. The summed E-state index contributed by atoms with van der Waals surface area (Å²) in [6.07, 6.45) is -0.338. The van der Waals surface area contributed by atoms with Crippen LogP contribution in [0.2, 0.25) is 0 Å². The lowest BCUT2D eigenvalue weighted by atomic mass is 10.2. The first-order chi connectivity index (χ1) is 6.95. The number of aromatic carboxylic acids is 1. The second-order valence-corrected chi connectivity index (χ2v) is 3.45. The molecule has 0 amide bonds. The van der Waals surface area contributed by atoms with Gasteiger partial charge in [-0.2, -0.15) is 9.90 Å². The number of rotatable bonds is 3. The summed E-state index contributed by atoms with van der Waals surface area (Å²) in [5.74, 6) is -5.21. The highest BCUT2D eigenvalue weighted by molar-refractivity contribution is 5.86. The van der Waals surface area contributed by atoms with Gasteiger partial charge in [0.25, 0.3) is 5.92 Å². The van der Waals surface area contributed by atoms with Gasteiger partial charge in [0.2, 0.25) is 0 Å². The van der Waals surface area contributed by atoms with E-state index in [9.17, 15) is 13.6 Å². The van der Waals surface area contributed by atoms with Crippen LogP contribution in [0.1, 0.15) is 35.4 Å². The maximum atomic E-state index is 12.8. The van der Waals surface area contributed by atoms with Gasteiger partial charge in [-0.1, -0.05) is 0 Å². The predicted octanol–water partition coefficient (Wildman–Crippen LogP) is 1.12. The van der Waals surface area contributed by atoms with E-state index < -0.39 is 17.8 Å². The minimum absolute atomic E-state index is 0.102. The smallest absolute Gasteiger partial charge is 0.358 e. The number of hydrogen-bond donors (Lipinski definition) is 1. The maximum absolute atomic E-state index is 12.8. The molecule has 1 aromatic rings. The lowest BCUT2D eigenvalue weighted by molar-refractivity contribution is 0.0687. The van der Waals surface area contributed by atoms with Gasteiger partial charge >= 0.3 is 5.97 Å². The Labute approximate surface area is 83.7 Å². The zero-order valence-electron chi connectivity index (χ0n) is 7.94. The number of carboxylic acids is 1. The van der Waals surface area contributed by atoms with Crippen LogP contribution in [-0.4, -0.2) is 32.0 Å². The Kier molecular flexibility index (Phi) is 1.99. The first-order valence-corrected chi connectivity index (χ1v) is 4.52. The Morgan fingerprint density at radius 2 is 2.27 bits per heavy atom. The summed E-state index contributed by atoms with van der Waals surface area (Å²) in [5.41, 5.74) is -0.464. The molecule has 0 bridgehead atoms. The average molecular weight is 217 g/mol. The summed E-state index contributed by atoms with van der Waals surface area (Å²) >= 11 is 0. The Morgan fingerprint density at radius 3 is 2.67 bits per heavy atom. The second kappa shape index (κ2) is 2.98. The van der Waals surface area contributed by atoms with Gasteiger partial charge in [0.1, 0.15) is 5.69 Å². The third-order valence-electron chi connectivity index (χ3n) is 2.32. The fourth-order valence-electron chi connectivity index (χ4n) is 1.40. The van der Waals surface area contributed by atoms with Crippen LogP contribution in [0.15, 0.2) is 0 Å². The third-order valence-corrected chi connectivity index (χ3v) is 2.32. The zero-order valence-corrected chi connectivity index (χ0v) is 7.94. The van der Waals surface area contributed by atoms with Crippen LogP contribution in [0, 0.1) is 0 Å². The van der Waals surface area contributed by atoms with Gasteiger partial charge in [0.15, 0.2) is 5.69 Å². The number of hydrogen-bond acceptors (Lipinski definition) is 3. The monoisotopic (exact) mass is 217 g/mol. The molecule has 0 aliphatic heterocycles. The standard InChI is InChI=1S/C8H9F2N3O2/c1-2-13-11-5(4-3-8(4,9)10)6(12-13)7(14)15/h4H,2-3H2,1H3,(H,14,15). The van der Waals surface area contributed by atoms with Crippen molar-refractivity contribution in [1.29, 1.82) is 0 Å². The van der Waals surface area contributed by atoms with E-state index in [1.54, 1.807) is 6.92 Å². The van der Waals surface area contributed by atoms with Crippen LogP contribution in [-0.2, 0) is 6.54 Å². The molecule has 1 heterocycles. The minimum Gasteiger partial charge on any atom is -0.476 e. The van der Waals surface area contributed by atoms with E-state index in [2.05, 4.69) is 10.2 Å². The molecule has 82 valence electrons. The van der Waals surface area contributed by atoms with Crippen LogP contribution in [0.4, 0.5) is 8.78 Å².